The van der Waals surface area contributed by atoms with Crippen LogP contribution in [0.3, 0.4) is 0 Å². The van der Waals surface area contributed by atoms with E-state index in [2.05, 4.69) is 5.10 Å². The van der Waals surface area contributed by atoms with E-state index in [0.29, 0.717) is 18.7 Å². The van der Waals surface area contributed by atoms with E-state index in [4.69, 9.17) is 10.6 Å². The zero-order valence-electron chi connectivity index (χ0n) is 15.2. The molecule has 138 valence electrons. The Bertz CT molecular complexity index is 1090. The Labute approximate surface area is 163 Å². The number of nitrogens with zero attached hydrogens (tertiary/aromatic N) is 2. The van der Waals surface area contributed by atoms with E-state index in [-0.39, 0.29) is 0 Å². The molecule has 0 aliphatic heterocycles. The first-order valence-corrected chi connectivity index (χ1v) is 8.96. The Morgan fingerprint density at radius 3 is 2.11 bits per heavy atom. The van der Waals surface area contributed by atoms with Crippen LogP contribution < -0.4 is 10.6 Å². The van der Waals surface area contributed by atoms with Crippen LogP contribution in [0.5, 0.6) is 0 Å². The highest BCUT2D eigenvalue weighted by Gasteiger charge is 2.24. The van der Waals surface area contributed by atoms with Crippen molar-refractivity contribution in [3.05, 3.63) is 90.5 Å². The lowest BCUT2D eigenvalue weighted by atomic mass is 9.93. The molecule has 28 heavy (non-hydrogen) atoms. The van der Waals surface area contributed by atoms with Gasteiger partial charge in [0.25, 0.3) is 0 Å². The first kappa shape index (κ1) is 17.7. The van der Waals surface area contributed by atoms with Gasteiger partial charge in [-0.15, -0.1) is 5.10 Å². The summed E-state index contributed by atoms with van der Waals surface area (Å²) in [4.78, 5) is 17.7. The summed E-state index contributed by atoms with van der Waals surface area (Å²) in [6.45, 7) is 0.769. The van der Waals surface area contributed by atoms with E-state index < -0.39 is 0 Å². The summed E-state index contributed by atoms with van der Waals surface area (Å²) in [5.74, 6) is 0. The van der Waals surface area contributed by atoms with Crippen molar-refractivity contribution in [1.29, 1.82) is 0 Å². The SMILES string of the molecule is NCc1ccccc1-c1c(-c2ccccc2)nn(OC=O)c1-c1ccccc1. The summed E-state index contributed by atoms with van der Waals surface area (Å²) in [7, 11) is 0. The van der Waals surface area contributed by atoms with Crippen LogP contribution in [-0.4, -0.2) is 16.4 Å². The zero-order chi connectivity index (χ0) is 19.3. The first-order chi connectivity index (χ1) is 13.8. The molecule has 5 heteroatoms. The van der Waals surface area contributed by atoms with Gasteiger partial charge in [0.1, 0.15) is 11.4 Å². The lowest BCUT2D eigenvalue weighted by molar-refractivity contribution is -0.130. The minimum Gasteiger partial charge on any atom is -0.326 e. The van der Waals surface area contributed by atoms with E-state index in [1.807, 2.05) is 84.9 Å². The highest BCUT2D eigenvalue weighted by molar-refractivity contribution is 5.92. The summed E-state index contributed by atoms with van der Waals surface area (Å²) >= 11 is 0. The third kappa shape index (κ3) is 3.19. The van der Waals surface area contributed by atoms with Gasteiger partial charge >= 0.3 is 6.47 Å². The second kappa shape index (κ2) is 7.90. The molecule has 0 saturated heterocycles. The second-order valence-corrected chi connectivity index (χ2v) is 6.24. The van der Waals surface area contributed by atoms with Crippen molar-refractivity contribution in [2.24, 2.45) is 5.73 Å². The maximum absolute atomic E-state index is 11.2. The number of nitrogens with two attached hydrogens (primary N) is 1. The van der Waals surface area contributed by atoms with Gasteiger partial charge in [0.15, 0.2) is 0 Å². The van der Waals surface area contributed by atoms with Gasteiger partial charge in [0, 0.05) is 23.2 Å². The van der Waals surface area contributed by atoms with Crippen LogP contribution in [0.15, 0.2) is 84.9 Å². The number of aromatic nitrogens is 2. The highest BCUT2D eigenvalue weighted by Crippen LogP contribution is 2.40. The molecule has 4 aromatic rings. The van der Waals surface area contributed by atoms with E-state index in [9.17, 15) is 4.79 Å². The minimum atomic E-state index is 0.382. The van der Waals surface area contributed by atoms with Crippen molar-refractivity contribution < 1.29 is 9.63 Å². The van der Waals surface area contributed by atoms with E-state index in [1.54, 1.807) is 0 Å². The van der Waals surface area contributed by atoms with Gasteiger partial charge in [0.2, 0.25) is 0 Å². The van der Waals surface area contributed by atoms with Crippen LogP contribution in [0.25, 0.3) is 33.6 Å². The van der Waals surface area contributed by atoms with E-state index >= 15 is 0 Å². The molecule has 1 heterocycles. The molecule has 0 radical (unpaired) electrons. The van der Waals surface area contributed by atoms with Crippen molar-refractivity contribution in [3.63, 3.8) is 0 Å². The fourth-order valence-electron chi connectivity index (χ4n) is 3.36. The average Bonchev–Trinajstić information content (AvgIpc) is 3.14. The molecule has 0 spiro atoms. The molecule has 1 aromatic heterocycles. The Morgan fingerprint density at radius 2 is 1.46 bits per heavy atom. The molecule has 4 rings (SSSR count). The number of hydrogen-bond acceptors (Lipinski definition) is 4. The predicted molar refractivity (Wildman–Crippen MR) is 109 cm³/mol. The molecule has 0 bridgehead atoms. The maximum atomic E-state index is 11.2. The smallest absolute Gasteiger partial charge is 0.323 e. The molecule has 0 fully saturated rings. The summed E-state index contributed by atoms with van der Waals surface area (Å²) in [5.41, 5.74) is 12.1. The molecule has 5 nitrogen and oxygen atoms in total. The van der Waals surface area contributed by atoms with Crippen molar-refractivity contribution in [3.8, 4) is 33.6 Å². The molecule has 0 aliphatic carbocycles. The number of hydrogen-bond donors (Lipinski definition) is 1. The second-order valence-electron chi connectivity index (χ2n) is 6.24. The zero-order valence-corrected chi connectivity index (χ0v) is 15.2. The van der Waals surface area contributed by atoms with Crippen LogP contribution in [0.2, 0.25) is 0 Å². The van der Waals surface area contributed by atoms with Gasteiger partial charge in [-0.3, -0.25) is 4.79 Å². The van der Waals surface area contributed by atoms with Crippen molar-refractivity contribution in [2.45, 2.75) is 6.54 Å². The standard InChI is InChI=1S/C23H19N3O2/c24-15-19-13-7-8-14-20(19)21-22(17-9-3-1-4-10-17)25-26(28-16-27)23(21)18-11-5-2-6-12-18/h1-14,16H,15,24H2. The molecule has 0 atom stereocenters. The monoisotopic (exact) mass is 369 g/mol. The Balaban J connectivity index is 2.09. The number of benzene rings is 3. The van der Waals surface area contributed by atoms with Crippen LogP contribution in [0.1, 0.15) is 5.56 Å². The van der Waals surface area contributed by atoms with Gasteiger partial charge in [-0.1, -0.05) is 89.8 Å². The molecule has 0 saturated carbocycles. The van der Waals surface area contributed by atoms with Crippen molar-refractivity contribution in [1.82, 2.24) is 9.94 Å². The average molecular weight is 369 g/mol. The molecule has 3 aromatic carbocycles. The molecule has 0 amide bonds. The molecule has 0 aliphatic rings. The number of rotatable bonds is 6. The first-order valence-electron chi connectivity index (χ1n) is 8.96. The van der Waals surface area contributed by atoms with Gasteiger partial charge < -0.3 is 10.6 Å². The molecular weight excluding hydrogens is 350 g/mol. The quantitative estimate of drug-likeness (QED) is 0.523. The molecule has 0 unspecified atom stereocenters. The van der Waals surface area contributed by atoms with E-state index in [1.165, 1.54) is 4.85 Å². The lowest BCUT2D eigenvalue weighted by Gasteiger charge is -2.12. The summed E-state index contributed by atoms with van der Waals surface area (Å²) in [6, 6.07) is 27.5. The van der Waals surface area contributed by atoms with Crippen molar-refractivity contribution >= 4 is 6.47 Å². The van der Waals surface area contributed by atoms with Gasteiger partial charge in [0.05, 0.1) is 0 Å². The molecule has 2 N–H and O–H groups in total. The summed E-state index contributed by atoms with van der Waals surface area (Å²) in [6.07, 6.45) is 0. The predicted octanol–water partition coefficient (Wildman–Crippen LogP) is 3.93. The largest absolute Gasteiger partial charge is 0.326 e. The Kier molecular flexibility index (Phi) is 4.99. The third-order valence-electron chi connectivity index (χ3n) is 4.60. The fourth-order valence-corrected chi connectivity index (χ4v) is 3.36. The van der Waals surface area contributed by atoms with Crippen LogP contribution in [0.4, 0.5) is 0 Å². The third-order valence-corrected chi connectivity index (χ3v) is 4.60. The van der Waals surface area contributed by atoms with Crippen LogP contribution >= 0.6 is 0 Å². The van der Waals surface area contributed by atoms with E-state index in [0.717, 1.165) is 33.5 Å². The van der Waals surface area contributed by atoms with Crippen molar-refractivity contribution in [2.75, 3.05) is 0 Å². The lowest BCUT2D eigenvalue weighted by Crippen LogP contribution is -2.12. The number of carbonyl (C=O) groups is 1. The normalized spacial score (nSPS) is 10.6. The highest BCUT2D eigenvalue weighted by atomic mass is 16.7. The van der Waals surface area contributed by atoms with Gasteiger partial charge in [-0.05, 0) is 11.1 Å². The van der Waals surface area contributed by atoms with Crippen LogP contribution in [-0.2, 0) is 11.3 Å². The fraction of sp³-hybridized carbons (Fsp3) is 0.0435. The minimum absolute atomic E-state index is 0.382. The molecular formula is C23H19N3O2. The van der Waals surface area contributed by atoms with Gasteiger partial charge in [-0.25, -0.2) is 0 Å². The topological polar surface area (TPSA) is 70.1 Å². The summed E-state index contributed by atoms with van der Waals surface area (Å²) < 4.78 is 0. The van der Waals surface area contributed by atoms with Crippen LogP contribution in [0, 0.1) is 0 Å². The van der Waals surface area contributed by atoms with Gasteiger partial charge in [-0.2, -0.15) is 0 Å². The summed E-state index contributed by atoms with van der Waals surface area (Å²) in [5, 5.41) is 4.62. The maximum Gasteiger partial charge on any atom is 0.323 e. The number of carbonyl (C=O) groups excluding carboxylic acids is 1. The Hall–Kier alpha value is -3.70. The Morgan fingerprint density at radius 1 is 0.857 bits per heavy atom.